The van der Waals surface area contributed by atoms with E-state index in [0.29, 0.717) is 11.6 Å². The summed E-state index contributed by atoms with van der Waals surface area (Å²) in [5.74, 6) is 0. The van der Waals surface area contributed by atoms with Crippen molar-refractivity contribution in [3.63, 3.8) is 0 Å². The van der Waals surface area contributed by atoms with Crippen LogP contribution < -0.4 is 0 Å². The lowest BCUT2D eigenvalue weighted by Gasteiger charge is -2.12. The van der Waals surface area contributed by atoms with Crippen molar-refractivity contribution in [2.75, 3.05) is 0 Å². The summed E-state index contributed by atoms with van der Waals surface area (Å²) in [4.78, 5) is 18.7. The lowest BCUT2D eigenvalue weighted by molar-refractivity contribution is -0.108. The quantitative estimate of drug-likeness (QED) is 0.499. The van der Waals surface area contributed by atoms with Crippen molar-refractivity contribution in [2.24, 2.45) is 4.99 Å². The molecule has 0 radical (unpaired) electrons. The van der Waals surface area contributed by atoms with Crippen LogP contribution in [-0.4, -0.2) is 23.5 Å². The summed E-state index contributed by atoms with van der Waals surface area (Å²) in [7, 11) is 0. The minimum Gasteiger partial charge on any atom is -0.301 e. The van der Waals surface area contributed by atoms with Crippen molar-refractivity contribution in [3.05, 3.63) is 28.5 Å². The van der Waals surface area contributed by atoms with Crippen LogP contribution in [0.1, 0.15) is 11.3 Å². The molecule has 0 saturated carbocycles. The maximum atomic E-state index is 10.5. The number of pyridine rings is 1. The van der Waals surface area contributed by atoms with Crippen molar-refractivity contribution >= 4 is 24.1 Å². The van der Waals surface area contributed by atoms with E-state index < -0.39 is 0 Å². The zero-order valence-electron chi connectivity index (χ0n) is 6.77. The van der Waals surface area contributed by atoms with Gasteiger partial charge in [-0.1, -0.05) is 11.6 Å². The second kappa shape index (κ2) is 3.26. The fraction of sp³-hybridized carbons (Fsp3) is 0.222. The molecule has 2 heterocycles. The van der Waals surface area contributed by atoms with Gasteiger partial charge in [-0.25, -0.2) is 4.98 Å². The zero-order valence-corrected chi connectivity index (χ0v) is 7.53. The monoisotopic (exact) mass is 194 g/mol. The molecule has 1 unspecified atom stereocenters. The lowest BCUT2D eigenvalue weighted by atomic mass is 10.1. The fourth-order valence-electron chi connectivity index (χ4n) is 1.28. The van der Waals surface area contributed by atoms with Gasteiger partial charge in [-0.2, -0.15) is 0 Å². The molecule has 0 spiro atoms. The first kappa shape index (κ1) is 8.38. The van der Waals surface area contributed by atoms with Gasteiger partial charge in [-0.3, -0.25) is 4.99 Å². The Kier molecular flexibility index (Phi) is 2.10. The molecule has 0 fully saturated rings. The van der Waals surface area contributed by atoms with Gasteiger partial charge >= 0.3 is 0 Å². The Labute approximate surface area is 80.5 Å². The number of hydrogen-bond acceptors (Lipinski definition) is 3. The van der Waals surface area contributed by atoms with Gasteiger partial charge in [0.2, 0.25) is 0 Å². The molecule has 0 bridgehead atoms. The zero-order chi connectivity index (χ0) is 9.26. The van der Waals surface area contributed by atoms with Gasteiger partial charge in [0.05, 0.1) is 5.69 Å². The number of carbonyl (C=O) groups excluding carboxylic acids is 1. The third-order valence-electron chi connectivity index (χ3n) is 1.94. The minimum absolute atomic E-state index is 0.293. The largest absolute Gasteiger partial charge is 0.301 e. The van der Waals surface area contributed by atoms with E-state index in [-0.39, 0.29) is 6.04 Å². The predicted octanol–water partition coefficient (Wildman–Crippen LogP) is 1.28. The molecule has 66 valence electrons. The number of fused-ring (bicyclic) bond motifs is 1. The van der Waals surface area contributed by atoms with Crippen LogP contribution in [0, 0.1) is 0 Å². The standard InChI is InChI=1S/C9H7ClN2O/c10-9-2-1-6-4-11-7(5-13)3-8(6)12-9/h1-2,4-5,7H,3H2. The van der Waals surface area contributed by atoms with Gasteiger partial charge in [0.1, 0.15) is 17.5 Å². The van der Waals surface area contributed by atoms with Gasteiger partial charge in [0.15, 0.2) is 0 Å². The second-order valence-electron chi connectivity index (χ2n) is 2.86. The molecule has 0 amide bonds. The van der Waals surface area contributed by atoms with Crippen LogP contribution in [-0.2, 0) is 11.2 Å². The SMILES string of the molecule is O=CC1Cc2nc(Cl)ccc2C=N1. The summed E-state index contributed by atoms with van der Waals surface area (Å²) in [5, 5.41) is 0.457. The molecule has 0 saturated heterocycles. The highest BCUT2D eigenvalue weighted by atomic mass is 35.5. The van der Waals surface area contributed by atoms with E-state index >= 15 is 0 Å². The van der Waals surface area contributed by atoms with Crippen molar-refractivity contribution in [1.29, 1.82) is 0 Å². The smallest absolute Gasteiger partial charge is 0.144 e. The number of aromatic nitrogens is 1. The minimum atomic E-state index is -0.293. The van der Waals surface area contributed by atoms with Crippen molar-refractivity contribution in [2.45, 2.75) is 12.5 Å². The van der Waals surface area contributed by atoms with Gasteiger partial charge < -0.3 is 4.79 Å². The molecule has 2 rings (SSSR count). The van der Waals surface area contributed by atoms with Gasteiger partial charge in [0, 0.05) is 18.2 Å². The lowest BCUT2D eigenvalue weighted by Crippen LogP contribution is -2.17. The summed E-state index contributed by atoms with van der Waals surface area (Å²) >= 11 is 5.72. The highest BCUT2D eigenvalue weighted by Gasteiger charge is 2.15. The number of nitrogens with zero attached hydrogens (tertiary/aromatic N) is 2. The Morgan fingerprint density at radius 1 is 1.54 bits per heavy atom. The Bertz CT molecular complexity index is 376. The number of aldehydes is 1. The summed E-state index contributed by atoms with van der Waals surface area (Å²) in [5.41, 5.74) is 1.79. The fourth-order valence-corrected chi connectivity index (χ4v) is 1.44. The highest BCUT2D eigenvalue weighted by Crippen LogP contribution is 2.15. The number of aliphatic imine (C=N–C) groups is 1. The van der Waals surface area contributed by atoms with E-state index in [0.717, 1.165) is 17.5 Å². The van der Waals surface area contributed by atoms with Crippen LogP contribution in [0.25, 0.3) is 0 Å². The maximum Gasteiger partial charge on any atom is 0.144 e. The van der Waals surface area contributed by atoms with E-state index in [2.05, 4.69) is 9.98 Å². The Hall–Kier alpha value is -1.22. The number of hydrogen-bond donors (Lipinski definition) is 0. The molecule has 1 aliphatic heterocycles. The molecule has 1 aromatic rings. The van der Waals surface area contributed by atoms with Crippen LogP contribution in [0.4, 0.5) is 0 Å². The Morgan fingerprint density at radius 3 is 3.15 bits per heavy atom. The summed E-state index contributed by atoms with van der Waals surface area (Å²) in [6.07, 6.45) is 3.04. The molecule has 0 aromatic carbocycles. The summed E-state index contributed by atoms with van der Waals surface area (Å²) in [6.45, 7) is 0. The van der Waals surface area contributed by atoms with E-state index in [9.17, 15) is 4.79 Å². The van der Waals surface area contributed by atoms with E-state index in [1.807, 2.05) is 6.07 Å². The van der Waals surface area contributed by atoms with Crippen molar-refractivity contribution in [3.8, 4) is 0 Å². The topological polar surface area (TPSA) is 42.3 Å². The first-order chi connectivity index (χ1) is 6.29. The highest BCUT2D eigenvalue weighted by molar-refractivity contribution is 6.29. The van der Waals surface area contributed by atoms with Crippen LogP contribution in [0.2, 0.25) is 5.15 Å². The van der Waals surface area contributed by atoms with Crippen molar-refractivity contribution < 1.29 is 4.79 Å². The number of halogens is 1. The second-order valence-corrected chi connectivity index (χ2v) is 3.24. The van der Waals surface area contributed by atoms with Gasteiger partial charge in [-0.15, -0.1) is 0 Å². The summed E-state index contributed by atoms with van der Waals surface area (Å²) < 4.78 is 0. The first-order valence-corrected chi connectivity index (χ1v) is 4.31. The first-order valence-electron chi connectivity index (χ1n) is 3.93. The van der Waals surface area contributed by atoms with Crippen LogP contribution in [0.15, 0.2) is 17.1 Å². The van der Waals surface area contributed by atoms with E-state index in [1.165, 1.54) is 0 Å². The Balaban J connectivity index is 2.41. The number of rotatable bonds is 1. The molecule has 0 aliphatic carbocycles. The van der Waals surface area contributed by atoms with Crippen LogP contribution >= 0.6 is 11.6 Å². The summed E-state index contributed by atoms with van der Waals surface area (Å²) in [6, 6.07) is 3.28. The normalized spacial score (nSPS) is 19.6. The average molecular weight is 195 g/mol. The average Bonchev–Trinajstić information content (AvgIpc) is 2.16. The number of carbonyl (C=O) groups is 1. The molecular weight excluding hydrogens is 188 g/mol. The van der Waals surface area contributed by atoms with E-state index in [1.54, 1.807) is 12.3 Å². The third-order valence-corrected chi connectivity index (χ3v) is 2.15. The van der Waals surface area contributed by atoms with Crippen molar-refractivity contribution in [1.82, 2.24) is 4.98 Å². The molecule has 13 heavy (non-hydrogen) atoms. The molecule has 1 atom stereocenters. The van der Waals surface area contributed by atoms with Crippen LogP contribution in [0.3, 0.4) is 0 Å². The van der Waals surface area contributed by atoms with Gasteiger partial charge in [-0.05, 0) is 12.1 Å². The molecular formula is C9H7ClN2O. The van der Waals surface area contributed by atoms with Crippen LogP contribution in [0.5, 0.6) is 0 Å². The van der Waals surface area contributed by atoms with E-state index in [4.69, 9.17) is 11.6 Å². The molecule has 4 heteroatoms. The third kappa shape index (κ3) is 1.60. The predicted molar refractivity (Wildman–Crippen MR) is 50.4 cm³/mol. The molecule has 1 aromatic heterocycles. The molecule has 0 N–H and O–H groups in total. The molecule has 1 aliphatic rings. The Morgan fingerprint density at radius 2 is 2.38 bits per heavy atom. The molecule has 3 nitrogen and oxygen atoms in total. The maximum absolute atomic E-state index is 10.5. The van der Waals surface area contributed by atoms with Gasteiger partial charge in [0.25, 0.3) is 0 Å².